The molecule has 0 radical (unpaired) electrons. The summed E-state index contributed by atoms with van der Waals surface area (Å²) in [4.78, 5) is 28.8. The van der Waals surface area contributed by atoms with Gasteiger partial charge >= 0.3 is 0 Å². The van der Waals surface area contributed by atoms with Crippen LogP contribution in [0.4, 0.5) is 5.69 Å². The molecule has 0 aliphatic carbocycles. The average Bonchev–Trinajstić information content (AvgIpc) is 3.23. The van der Waals surface area contributed by atoms with Crippen LogP contribution in [0.5, 0.6) is 11.5 Å². The first-order valence-electron chi connectivity index (χ1n) is 9.82. The van der Waals surface area contributed by atoms with E-state index >= 15 is 0 Å². The number of nitro benzene ring substituents is 1. The van der Waals surface area contributed by atoms with Gasteiger partial charge in [0.15, 0.2) is 11.5 Å². The van der Waals surface area contributed by atoms with E-state index in [1.165, 1.54) is 12.1 Å². The van der Waals surface area contributed by atoms with Gasteiger partial charge < -0.3 is 25.1 Å². The Morgan fingerprint density at radius 1 is 1.09 bits per heavy atom. The Morgan fingerprint density at radius 2 is 1.88 bits per heavy atom. The summed E-state index contributed by atoms with van der Waals surface area (Å²) >= 11 is 0. The summed E-state index contributed by atoms with van der Waals surface area (Å²) in [6.45, 7) is 2.11. The molecule has 0 amide bonds. The van der Waals surface area contributed by atoms with Crippen LogP contribution < -0.4 is 26.1 Å². The van der Waals surface area contributed by atoms with Crippen LogP contribution in [0.3, 0.4) is 0 Å². The Morgan fingerprint density at radius 3 is 2.62 bits per heavy atom. The van der Waals surface area contributed by atoms with Crippen molar-refractivity contribution in [2.45, 2.75) is 6.54 Å². The van der Waals surface area contributed by atoms with Gasteiger partial charge in [0.1, 0.15) is 0 Å². The number of aromatic nitrogens is 2. The first-order valence-corrected chi connectivity index (χ1v) is 9.82. The number of nitro groups is 1. The summed E-state index contributed by atoms with van der Waals surface area (Å²) < 4.78 is 12.6. The van der Waals surface area contributed by atoms with Crippen molar-refractivity contribution in [2.24, 2.45) is 5.73 Å². The zero-order valence-electron chi connectivity index (χ0n) is 16.9. The Balaban J connectivity index is 0.00000245. The number of benzene rings is 2. The van der Waals surface area contributed by atoms with E-state index in [9.17, 15) is 14.9 Å². The average molecular weight is 458 g/mol. The molecular weight excluding hydrogens is 438 g/mol. The molecular formula is C21H20ClN5O5. The molecule has 10 nitrogen and oxygen atoms in total. The van der Waals surface area contributed by atoms with Crippen molar-refractivity contribution in [3.05, 3.63) is 57.0 Å². The molecule has 5 rings (SSSR count). The molecule has 2 aromatic heterocycles. The summed E-state index contributed by atoms with van der Waals surface area (Å²) in [6.07, 6.45) is 1.69. The van der Waals surface area contributed by atoms with E-state index in [2.05, 4.69) is 10.3 Å². The molecule has 4 aromatic rings. The predicted molar refractivity (Wildman–Crippen MR) is 123 cm³/mol. The SMILES string of the molecule is Cl.NCCNCCn1c(=O)c2cc([N+](=O)[O-])ccc2c2cnc3cc4c(cc3c21)OCO4. The topological polar surface area (TPSA) is 135 Å². The number of nitrogens with two attached hydrogens (primary N) is 1. The minimum Gasteiger partial charge on any atom is -0.454 e. The molecule has 32 heavy (non-hydrogen) atoms. The fourth-order valence-electron chi connectivity index (χ4n) is 3.99. The van der Waals surface area contributed by atoms with E-state index in [0.717, 1.165) is 10.8 Å². The van der Waals surface area contributed by atoms with Crippen molar-refractivity contribution in [3.63, 3.8) is 0 Å². The lowest BCUT2D eigenvalue weighted by Crippen LogP contribution is -2.30. The number of hydrogen-bond donors (Lipinski definition) is 2. The molecule has 2 aromatic carbocycles. The maximum absolute atomic E-state index is 13.5. The standard InChI is InChI=1S/C21H19N5O5.ClH/c22-3-4-23-5-6-25-20-15-8-18-19(31-11-30-18)9-17(15)24-10-16(20)13-2-1-12(26(28)29)7-14(13)21(25)27;/h1-2,7-10,23H,3-6,11,22H2;1H. The molecule has 0 atom stereocenters. The Hall–Kier alpha value is -3.47. The Kier molecular flexibility index (Phi) is 5.83. The number of fused-ring (bicyclic) bond motifs is 6. The number of non-ortho nitro benzene ring substituents is 1. The van der Waals surface area contributed by atoms with E-state index in [1.54, 1.807) is 22.9 Å². The van der Waals surface area contributed by atoms with Crippen LogP contribution in [-0.4, -0.2) is 40.9 Å². The van der Waals surface area contributed by atoms with Gasteiger partial charge in [-0.1, -0.05) is 0 Å². The number of nitrogens with one attached hydrogen (secondary N) is 1. The normalized spacial score (nSPS) is 12.4. The molecule has 0 saturated carbocycles. The smallest absolute Gasteiger partial charge is 0.270 e. The number of ether oxygens (including phenoxy) is 2. The number of halogens is 1. The van der Waals surface area contributed by atoms with Crippen LogP contribution in [0.2, 0.25) is 0 Å². The Labute approximate surface area is 187 Å². The van der Waals surface area contributed by atoms with Crippen molar-refractivity contribution in [1.82, 2.24) is 14.9 Å². The molecule has 0 spiro atoms. The lowest BCUT2D eigenvalue weighted by Gasteiger charge is -2.15. The third-order valence-electron chi connectivity index (χ3n) is 5.42. The fraction of sp³-hybridized carbons (Fsp3) is 0.238. The second-order valence-electron chi connectivity index (χ2n) is 7.23. The number of hydrogen-bond acceptors (Lipinski definition) is 8. The van der Waals surface area contributed by atoms with Gasteiger partial charge in [0, 0.05) is 61.3 Å². The Bertz CT molecular complexity index is 1420. The number of nitrogens with zero attached hydrogens (tertiary/aromatic N) is 3. The van der Waals surface area contributed by atoms with Crippen molar-refractivity contribution >= 4 is 50.7 Å². The van der Waals surface area contributed by atoms with Crippen LogP contribution >= 0.6 is 12.4 Å². The highest BCUT2D eigenvalue weighted by atomic mass is 35.5. The molecule has 3 heterocycles. The summed E-state index contributed by atoms with van der Waals surface area (Å²) in [7, 11) is 0. The van der Waals surface area contributed by atoms with Crippen LogP contribution in [0, 0.1) is 10.1 Å². The highest BCUT2D eigenvalue weighted by Gasteiger charge is 2.20. The molecule has 3 N–H and O–H groups in total. The summed E-state index contributed by atoms with van der Waals surface area (Å²) in [5.41, 5.74) is 6.48. The second-order valence-corrected chi connectivity index (χ2v) is 7.23. The molecule has 0 bridgehead atoms. The van der Waals surface area contributed by atoms with Gasteiger partial charge in [-0.2, -0.15) is 0 Å². The molecule has 0 saturated heterocycles. The zero-order valence-corrected chi connectivity index (χ0v) is 17.7. The van der Waals surface area contributed by atoms with Crippen molar-refractivity contribution in [3.8, 4) is 11.5 Å². The quantitative estimate of drug-likeness (QED) is 0.195. The summed E-state index contributed by atoms with van der Waals surface area (Å²) in [5, 5.41) is 16.8. The van der Waals surface area contributed by atoms with Crippen LogP contribution in [0.25, 0.3) is 32.6 Å². The van der Waals surface area contributed by atoms with Crippen molar-refractivity contribution in [1.29, 1.82) is 0 Å². The number of pyridine rings is 2. The van der Waals surface area contributed by atoms with E-state index in [1.807, 2.05) is 6.07 Å². The van der Waals surface area contributed by atoms with E-state index in [-0.39, 0.29) is 35.8 Å². The van der Waals surface area contributed by atoms with E-state index in [0.29, 0.717) is 54.1 Å². The van der Waals surface area contributed by atoms with Gasteiger partial charge in [-0.25, -0.2) is 0 Å². The third kappa shape index (κ3) is 3.48. The molecule has 1 aliphatic heterocycles. The highest BCUT2D eigenvalue weighted by Crippen LogP contribution is 2.38. The number of rotatable bonds is 6. The monoisotopic (exact) mass is 457 g/mol. The maximum Gasteiger partial charge on any atom is 0.270 e. The van der Waals surface area contributed by atoms with Crippen LogP contribution in [-0.2, 0) is 6.54 Å². The fourth-order valence-corrected chi connectivity index (χ4v) is 3.99. The first-order chi connectivity index (χ1) is 15.1. The molecule has 0 unspecified atom stereocenters. The maximum atomic E-state index is 13.5. The lowest BCUT2D eigenvalue weighted by atomic mass is 10.0. The zero-order chi connectivity index (χ0) is 21.5. The minimum absolute atomic E-state index is 0. The first kappa shape index (κ1) is 21.8. The molecule has 166 valence electrons. The molecule has 1 aliphatic rings. The second kappa shape index (κ2) is 8.58. The van der Waals surface area contributed by atoms with Crippen LogP contribution in [0.15, 0.2) is 41.3 Å². The minimum atomic E-state index is -0.504. The van der Waals surface area contributed by atoms with Gasteiger partial charge in [0.25, 0.3) is 11.2 Å². The van der Waals surface area contributed by atoms with E-state index in [4.69, 9.17) is 15.2 Å². The van der Waals surface area contributed by atoms with Gasteiger partial charge in [0.05, 0.1) is 21.3 Å². The van der Waals surface area contributed by atoms with E-state index < -0.39 is 4.92 Å². The highest BCUT2D eigenvalue weighted by molar-refractivity contribution is 6.14. The van der Waals surface area contributed by atoms with Crippen molar-refractivity contribution in [2.75, 3.05) is 26.4 Å². The van der Waals surface area contributed by atoms with Gasteiger partial charge in [-0.05, 0) is 17.5 Å². The third-order valence-corrected chi connectivity index (χ3v) is 5.42. The summed E-state index contributed by atoms with van der Waals surface area (Å²) in [5.74, 6) is 1.19. The predicted octanol–water partition coefficient (Wildman–Crippen LogP) is 2.31. The van der Waals surface area contributed by atoms with Gasteiger partial charge in [-0.3, -0.25) is 19.9 Å². The molecule has 11 heteroatoms. The van der Waals surface area contributed by atoms with Gasteiger partial charge in [0.2, 0.25) is 6.79 Å². The van der Waals surface area contributed by atoms with Gasteiger partial charge in [-0.15, -0.1) is 12.4 Å². The molecule has 0 fully saturated rings. The summed E-state index contributed by atoms with van der Waals surface area (Å²) in [6, 6.07) is 7.95. The van der Waals surface area contributed by atoms with Crippen LogP contribution in [0.1, 0.15) is 0 Å². The lowest BCUT2D eigenvalue weighted by molar-refractivity contribution is -0.384. The largest absolute Gasteiger partial charge is 0.454 e. The van der Waals surface area contributed by atoms with Crippen molar-refractivity contribution < 1.29 is 14.4 Å².